The molecule has 0 heterocycles. The number of nitrogens with one attached hydrogen (secondary N) is 1. The number of halogens is 1. The summed E-state index contributed by atoms with van der Waals surface area (Å²) in [5.41, 5.74) is 7.54. The third-order valence-corrected chi connectivity index (χ3v) is 3.07. The molecule has 0 saturated carbocycles. The molecule has 0 atom stereocenters. The number of nitrogens with zero attached hydrogens (tertiary/aromatic N) is 1. The highest BCUT2D eigenvalue weighted by Gasteiger charge is 2.01. The summed E-state index contributed by atoms with van der Waals surface area (Å²) in [5.74, 6) is 0.228. The number of benzene rings is 1. The van der Waals surface area contributed by atoms with Crippen LogP contribution in [0.3, 0.4) is 0 Å². The molecule has 82 valence electrons. The van der Waals surface area contributed by atoms with E-state index in [0.29, 0.717) is 13.0 Å². The first kappa shape index (κ1) is 11.8. The van der Waals surface area contributed by atoms with E-state index in [9.17, 15) is 0 Å². The summed E-state index contributed by atoms with van der Waals surface area (Å²) in [6, 6.07) is 5.98. The number of amidine groups is 1. The Balaban J connectivity index is 2.55. The molecule has 0 aromatic heterocycles. The van der Waals surface area contributed by atoms with Gasteiger partial charge in [-0.3, -0.25) is 0 Å². The molecular weight excluding hydrogens is 258 g/mol. The van der Waals surface area contributed by atoms with E-state index in [4.69, 9.17) is 10.9 Å². The Morgan fingerprint density at radius 1 is 1.60 bits per heavy atom. The lowest BCUT2D eigenvalue weighted by molar-refractivity contribution is 0.317. The van der Waals surface area contributed by atoms with Crippen molar-refractivity contribution in [2.24, 2.45) is 10.9 Å². The summed E-state index contributed by atoms with van der Waals surface area (Å²) in [7, 11) is 0. The van der Waals surface area contributed by atoms with Gasteiger partial charge in [0, 0.05) is 23.1 Å². The summed E-state index contributed by atoms with van der Waals surface area (Å²) < 4.78 is 1.05. The predicted molar refractivity (Wildman–Crippen MR) is 65.4 cm³/mol. The van der Waals surface area contributed by atoms with Gasteiger partial charge in [0.05, 0.1) is 0 Å². The van der Waals surface area contributed by atoms with Gasteiger partial charge in [0.15, 0.2) is 0 Å². The van der Waals surface area contributed by atoms with Gasteiger partial charge < -0.3 is 16.3 Å². The van der Waals surface area contributed by atoms with Crippen LogP contribution in [0.1, 0.15) is 12.0 Å². The van der Waals surface area contributed by atoms with Crippen molar-refractivity contribution in [2.45, 2.75) is 13.3 Å². The van der Waals surface area contributed by atoms with Crippen LogP contribution in [0.5, 0.6) is 0 Å². The first-order chi connectivity index (χ1) is 7.15. The van der Waals surface area contributed by atoms with Crippen LogP contribution in [-0.4, -0.2) is 17.6 Å². The lowest BCUT2D eigenvalue weighted by Crippen LogP contribution is -2.16. The molecule has 4 nitrogen and oxygen atoms in total. The molecule has 4 N–H and O–H groups in total. The Morgan fingerprint density at radius 3 is 3.00 bits per heavy atom. The lowest BCUT2D eigenvalue weighted by atomic mass is 10.2. The van der Waals surface area contributed by atoms with Gasteiger partial charge in [-0.15, -0.1) is 0 Å². The summed E-state index contributed by atoms with van der Waals surface area (Å²) in [6.45, 7) is 2.66. The second-order valence-corrected chi connectivity index (χ2v) is 4.00. The van der Waals surface area contributed by atoms with Crippen LogP contribution in [0.15, 0.2) is 27.8 Å². The zero-order chi connectivity index (χ0) is 11.3. The van der Waals surface area contributed by atoms with Gasteiger partial charge >= 0.3 is 0 Å². The molecule has 15 heavy (non-hydrogen) atoms. The van der Waals surface area contributed by atoms with Gasteiger partial charge in [-0.1, -0.05) is 17.3 Å². The van der Waals surface area contributed by atoms with Gasteiger partial charge in [0.25, 0.3) is 0 Å². The Morgan fingerprint density at radius 2 is 2.33 bits per heavy atom. The van der Waals surface area contributed by atoms with E-state index in [1.807, 2.05) is 25.1 Å². The van der Waals surface area contributed by atoms with Crippen molar-refractivity contribution in [3.63, 3.8) is 0 Å². The van der Waals surface area contributed by atoms with E-state index in [0.717, 1.165) is 10.2 Å². The van der Waals surface area contributed by atoms with Crippen LogP contribution in [0.25, 0.3) is 0 Å². The molecule has 0 amide bonds. The van der Waals surface area contributed by atoms with Gasteiger partial charge in [0.2, 0.25) is 0 Å². The lowest BCUT2D eigenvalue weighted by Gasteiger charge is -2.09. The maximum atomic E-state index is 8.36. The first-order valence-corrected chi connectivity index (χ1v) is 5.40. The van der Waals surface area contributed by atoms with E-state index in [-0.39, 0.29) is 5.84 Å². The minimum absolute atomic E-state index is 0.228. The standard InChI is InChI=1S/C10H14BrN3O/c1-7-3-2-4-8(10(7)11)13-6-5-9(12)14-15/h2-4,13,15H,5-6H2,1H3,(H2,12,14). The largest absolute Gasteiger partial charge is 0.409 e. The van der Waals surface area contributed by atoms with Crippen LogP contribution in [0.4, 0.5) is 5.69 Å². The third kappa shape index (κ3) is 3.43. The molecule has 1 aromatic carbocycles. The molecule has 0 fully saturated rings. The molecule has 0 bridgehead atoms. The number of hydrogen-bond donors (Lipinski definition) is 3. The maximum Gasteiger partial charge on any atom is 0.140 e. The average molecular weight is 272 g/mol. The number of aryl methyl sites for hydroxylation is 1. The monoisotopic (exact) mass is 271 g/mol. The van der Waals surface area contributed by atoms with Crippen molar-refractivity contribution >= 4 is 27.5 Å². The maximum absolute atomic E-state index is 8.36. The number of anilines is 1. The van der Waals surface area contributed by atoms with E-state index in [1.165, 1.54) is 5.56 Å². The van der Waals surface area contributed by atoms with Crippen LogP contribution < -0.4 is 11.1 Å². The van der Waals surface area contributed by atoms with E-state index in [1.54, 1.807) is 0 Å². The zero-order valence-corrected chi connectivity index (χ0v) is 10.1. The molecule has 0 aliphatic carbocycles. The molecule has 0 saturated heterocycles. The second-order valence-electron chi connectivity index (χ2n) is 3.20. The Hall–Kier alpha value is -1.23. The van der Waals surface area contributed by atoms with Crippen LogP contribution in [0.2, 0.25) is 0 Å². The van der Waals surface area contributed by atoms with Gasteiger partial charge in [-0.25, -0.2) is 0 Å². The highest BCUT2D eigenvalue weighted by Crippen LogP contribution is 2.25. The molecule has 1 rings (SSSR count). The fourth-order valence-corrected chi connectivity index (χ4v) is 1.56. The molecule has 0 radical (unpaired) electrons. The quantitative estimate of drug-likeness (QED) is 0.341. The van der Waals surface area contributed by atoms with Gasteiger partial charge in [0.1, 0.15) is 5.84 Å². The molecule has 1 aromatic rings. The van der Waals surface area contributed by atoms with Crippen molar-refractivity contribution in [2.75, 3.05) is 11.9 Å². The predicted octanol–water partition coefficient (Wildman–Crippen LogP) is 2.31. The van der Waals surface area contributed by atoms with Gasteiger partial charge in [-0.2, -0.15) is 0 Å². The number of nitrogens with two attached hydrogens (primary N) is 1. The highest BCUT2D eigenvalue weighted by atomic mass is 79.9. The number of rotatable bonds is 4. The van der Waals surface area contributed by atoms with E-state index < -0.39 is 0 Å². The minimum Gasteiger partial charge on any atom is -0.409 e. The molecular formula is C10H14BrN3O. The molecule has 0 unspecified atom stereocenters. The fraction of sp³-hybridized carbons (Fsp3) is 0.300. The smallest absolute Gasteiger partial charge is 0.140 e. The molecule has 0 spiro atoms. The fourth-order valence-electron chi connectivity index (χ4n) is 1.16. The third-order valence-electron chi connectivity index (χ3n) is 2.02. The van der Waals surface area contributed by atoms with E-state index >= 15 is 0 Å². The van der Waals surface area contributed by atoms with Crippen molar-refractivity contribution in [1.29, 1.82) is 0 Å². The molecule has 5 heteroatoms. The Kier molecular flexibility index (Phi) is 4.42. The van der Waals surface area contributed by atoms with Crippen molar-refractivity contribution < 1.29 is 5.21 Å². The SMILES string of the molecule is Cc1cccc(NCC/C(N)=N/O)c1Br. The van der Waals surface area contributed by atoms with E-state index in [2.05, 4.69) is 26.4 Å². The molecule has 0 aliphatic heterocycles. The van der Waals surface area contributed by atoms with Crippen molar-refractivity contribution in [3.8, 4) is 0 Å². The second kappa shape index (κ2) is 5.60. The molecule has 0 aliphatic rings. The summed E-state index contributed by atoms with van der Waals surface area (Å²) >= 11 is 3.49. The number of hydrogen-bond acceptors (Lipinski definition) is 3. The Bertz CT molecular complexity index is 366. The van der Waals surface area contributed by atoms with Crippen molar-refractivity contribution in [3.05, 3.63) is 28.2 Å². The summed E-state index contributed by atoms with van der Waals surface area (Å²) in [4.78, 5) is 0. The highest BCUT2D eigenvalue weighted by molar-refractivity contribution is 9.10. The minimum atomic E-state index is 0.228. The topological polar surface area (TPSA) is 70.6 Å². The summed E-state index contributed by atoms with van der Waals surface area (Å²) in [5, 5.41) is 14.5. The normalized spacial score (nSPS) is 11.5. The first-order valence-electron chi connectivity index (χ1n) is 4.60. The summed E-state index contributed by atoms with van der Waals surface area (Å²) in [6.07, 6.45) is 0.511. The van der Waals surface area contributed by atoms with Crippen molar-refractivity contribution in [1.82, 2.24) is 0 Å². The average Bonchev–Trinajstić information content (AvgIpc) is 2.24. The van der Waals surface area contributed by atoms with Crippen LogP contribution in [0, 0.1) is 6.92 Å². The zero-order valence-electron chi connectivity index (χ0n) is 8.50. The Labute approximate surface area is 97.3 Å². The number of oxime groups is 1. The van der Waals surface area contributed by atoms with Crippen LogP contribution in [-0.2, 0) is 0 Å². The van der Waals surface area contributed by atoms with Crippen LogP contribution >= 0.6 is 15.9 Å². The van der Waals surface area contributed by atoms with Gasteiger partial charge in [-0.05, 0) is 34.5 Å².